The van der Waals surface area contributed by atoms with Gasteiger partial charge in [0.1, 0.15) is 0 Å². The van der Waals surface area contributed by atoms with Crippen molar-refractivity contribution in [2.24, 2.45) is 5.92 Å². The molecular weight excluding hydrogens is 290 g/mol. The lowest BCUT2D eigenvalue weighted by molar-refractivity contribution is -0.149. The number of sulfonamides is 1. The summed E-state index contributed by atoms with van der Waals surface area (Å²) in [5, 5.41) is 0. The van der Waals surface area contributed by atoms with E-state index in [2.05, 4.69) is 0 Å². The van der Waals surface area contributed by atoms with Gasteiger partial charge in [0, 0.05) is 13.1 Å². The van der Waals surface area contributed by atoms with Crippen LogP contribution in [0, 0.1) is 12.8 Å². The van der Waals surface area contributed by atoms with Gasteiger partial charge in [0.25, 0.3) is 0 Å². The van der Waals surface area contributed by atoms with Crippen LogP contribution in [0.5, 0.6) is 0 Å². The quantitative estimate of drug-likeness (QED) is 0.797. The number of hydrogen-bond donors (Lipinski definition) is 0. The van der Waals surface area contributed by atoms with Crippen molar-refractivity contribution < 1.29 is 17.9 Å². The molecule has 1 aliphatic heterocycles. The van der Waals surface area contributed by atoms with E-state index in [1.807, 2.05) is 13.0 Å². The van der Waals surface area contributed by atoms with Gasteiger partial charge in [0.05, 0.1) is 17.4 Å². The fraction of sp³-hybridized carbons (Fsp3) is 0.533. The van der Waals surface area contributed by atoms with Crippen LogP contribution in [-0.4, -0.2) is 38.4 Å². The fourth-order valence-electron chi connectivity index (χ4n) is 2.54. The first-order valence-corrected chi connectivity index (χ1v) is 8.62. The summed E-state index contributed by atoms with van der Waals surface area (Å²) in [6, 6.07) is 6.84. The molecule has 1 atom stereocenters. The average Bonchev–Trinajstić information content (AvgIpc) is 2.47. The molecular formula is C15H21NO4S. The minimum absolute atomic E-state index is 0.203. The van der Waals surface area contributed by atoms with Crippen LogP contribution in [0.15, 0.2) is 29.2 Å². The van der Waals surface area contributed by atoms with E-state index >= 15 is 0 Å². The van der Waals surface area contributed by atoms with Crippen LogP contribution >= 0.6 is 0 Å². The Bertz CT molecular complexity index is 612. The first-order chi connectivity index (χ1) is 9.95. The van der Waals surface area contributed by atoms with E-state index in [-0.39, 0.29) is 23.3 Å². The maximum absolute atomic E-state index is 12.6. The number of carbonyl (C=O) groups excluding carboxylic acids is 1. The zero-order valence-electron chi connectivity index (χ0n) is 12.4. The van der Waals surface area contributed by atoms with Crippen molar-refractivity contribution in [1.29, 1.82) is 0 Å². The molecule has 2 rings (SSSR count). The maximum atomic E-state index is 12.6. The van der Waals surface area contributed by atoms with E-state index in [9.17, 15) is 13.2 Å². The third-order valence-corrected chi connectivity index (χ3v) is 5.49. The molecule has 0 unspecified atom stereocenters. The van der Waals surface area contributed by atoms with Crippen LogP contribution in [-0.2, 0) is 19.6 Å². The molecule has 0 aromatic heterocycles. The molecule has 0 radical (unpaired) electrons. The molecule has 6 heteroatoms. The molecule has 5 nitrogen and oxygen atoms in total. The van der Waals surface area contributed by atoms with Gasteiger partial charge in [-0.3, -0.25) is 4.79 Å². The summed E-state index contributed by atoms with van der Waals surface area (Å²) < 4.78 is 31.7. The molecule has 21 heavy (non-hydrogen) atoms. The third kappa shape index (κ3) is 3.63. The summed E-state index contributed by atoms with van der Waals surface area (Å²) in [4.78, 5) is 12.1. The number of ether oxygens (including phenoxy) is 1. The smallest absolute Gasteiger partial charge is 0.310 e. The highest BCUT2D eigenvalue weighted by molar-refractivity contribution is 7.89. The second-order valence-electron chi connectivity index (χ2n) is 5.27. The largest absolute Gasteiger partial charge is 0.466 e. The Labute approximate surface area is 126 Å². The Morgan fingerprint density at radius 2 is 2.19 bits per heavy atom. The highest BCUT2D eigenvalue weighted by atomic mass is 32.2. The lowest BCUT2D eigenvalue weighted by Gasteiger charge is -2.30. The Kier molecular flexibility index (Phi) is 5.00. The van der Waals surface area contributed by atoms with Crippen LogP contribution in [0.2, 0.25) is 0 Å². The molecule has 116 valence electrons. The number of aryl methyl sites for hydroxylation is 1. The van der Waals surface area contributed by atoms with Gasteiger partial charge in [0.15, 0.2) is 0 Å². The van der Waals surface area contributed by atoms with Gasteiger partial charge >= 0.3 is 5.97 Å². The molecule has 1 aromatic carbocycles. The Balaban J connectivity index is 2.18. The van der Waals surface area contributed by atoms with Crippen LogP contribution in [0.1, 0.15) is 25.3 Å². The van der Waals surface area contributed by atoms with E-state index in [4.69, 9.17) is 4.74 Å². The molecule has 1 aliphatic rings. The lowest BCUT2D eigenvalue weighted by Crippen LogP contribution is -2.42. The van der Waals surface area contributed by atoms with Crippen LogP contribution < -0.4 is 0 Å². The lowest BCUT2D eigenvalue weighted by atomic mass is 10.0. The van der Waals surface area contributed by atoms with Crippen molar-refractivity contribution in [2.45, 2.75) is 31.6 Å². The number of piperidine rings is 1. The first kappa shape index (κ1) is 16.0. The molecule has 0 bridgehead atoms. The van der Waals surface area contributed by atoms with Crippen molar-refractivity contribution in [1.82, 2.24) is 4.31 Å². The SMILES string of the molecule is CCOC(=O)[C@@H]1CCCN(S(=O)(=O)c2cccc(C)c2)C1. The van der Waals surface area contributed by atoms with E-state index in [1.165, 1.54) is 4.31 Å². The summed E-state index contributed by atoms with van der Waals surface area (Å²) in [5.41, 5.74) is 0.898. The second-order valence-corrected chi connectivity index (χ2v) is 7.21. The topological polar surface area (TPSA) is 63.7 Å². The molecule has 0 spiro atoms. The van der Waals surface area contributed by atoms with E-state index in [0.29, 0.717) is 26.0 Å². The number of hydrogen-bond acceptors (Lipinski definition) is 4. The predicted molar refractivity (Wildman–Crippen MR) is 79.3 cm³/mol. The summed E-state index contributed by atoms with van der Waals surface area (Å²) in [6.45, 7) is 4.58. The van der Waals surface area contributed by atoms with E-state index < -0.39 is 10.0 Å². The van der Waals surface area contributed by atoms with E-state index in [1.54, 1.807) is 25.1 Å². The summed E-state index contributed by atoms with van der Waals surface area (Å²) in [7, 11) is -3.54. The Morgan fingerprint density at radius 1 is 1.43 bits per heavy atom. The summed E-state index contributed by atoms with van der Waals surface area (Å²) >= 11 is 0. The zero-order chi connectivity index (χ0) is 15.5. The van der Waals surface area contributed by atoms with Crippen molar-refractivity contribution >= 4 is 16.0 Å². The van der Waals surface area contributed by atoms with Gasteiger partial charge in [-0.15, -0.1) is 0 Å². The minimum atomic E-state index is -3.54. The van der Waals surface area contributed by atoms with Crippen molar-refractivity contribution in [3.05, 3.63) is 29.8 Å². The number of carbonyl (C=O) groups is 1. The van der Waals surface area contributed by atoms with Gasteiger partial charge in [-0.05, 0) is 44.4 Å². The first-order valence-electron chi connectivity index (χ1n) is 7.18. The normalized spacial score (nSPS) is 20.2. The predicted octanol–water partition coefficient (Wildman–Crippen LogP) is 1.96. The van der Waals surface area contributed by atoms with Gasteiger partial charge in [-0.1, -0.05) is 12.1 Å². The highest BCUT2D eigenvalue weighted by Crippen LogP contribution is 2.24. The van der Waals surface area contributed by atoms with Gasteiger partial charge < -0.3 is 4.74 Å². The molecule has 1 saturated heterocycles. The second kappa shape index (κ2) is 6.58. The molecule has 1 heterocycles. The molecule has 1 fully saturated rings. The van der Waals surface area contributed by atoms with Crippen LogP contribution in [0.25, 0.3) is 0 Å². The number of esters is 1. The molecule has 0 aliphatic carbocycles. The van der Waals surface area contributed by atoms with Crippen molar-refractivity contribution in [2.75, 3.05) is 19.7 Å². The van der Waals surface area contributed by atoms with Crippen LogP contribution in [0.4, 0.5) is 0 Å². The number of rotatable bonds is 4. The third-order valence-electron chi connectivity index (χ3n) is 3.63. The fourth-order valence-corrected chi connectivity index (χ4v) is 4.17. The van der Waals surface area contributed by atoms with Gasteiger partial charge in [-0.2, -0.15) is 4.31 Å². The minimum Gasteiger partial charge on any atom is -0.466 e. The Hall–Kier alpha value is -1.40. The van der Waals surface area contributed by atoms with Crippen molar-refractivity contribution in [3.8, 4) is 0 Å². The molecule has 0 N–H and O–H groups in total. The Morgan fingerprint density at radius 3 is 2.86 bits per heavy atom. The highest BCUT2D eigenvalue weighted by Gasteiger charge is 2.33. The number of benzene rings is 1. The van der Waals surface area contributed by atoms with Crippen LogP contribution in [0.3, 0.4) is 0 Å². The zero-order valence-corrected chi connectivity index (χ0v) is 13.2. The van der Waals surface area contributed by atoms with Crippen molar-refractivity contribution in [3.63, 3.8) is 0 Å². The number of nitrogens with zero attached hydrogens (tertiary/aromatic N) is 1. The molecule has 1 aromatic rings. The van der Waals surface area contributed by atoms with E-state index in [0.717, 1.165) is 5.56 Å². The standard InChI is InChI=1S/C15H21NO4S/c1-3-20-15(17)13-7-5-9-16(11-13)21(18,19)14-8-4-6-12(2)10-14/h4,6,8,10,13H,3,5,7,9,11H2,1-2H3/t13-/m1/s1. The van der Waals surface area contributed by atoms with Gasteiger partial charge in [0.2, 0.25) is 10.0 Å². The molecule has 0 saturated carbocycles. The molecule has 0 amide bonds. The summed E-state index contributed by atoms with van der Waals surface area (Å²) in [6.07, 6.45) is 1.35. The van der Waals surface area contributed by atoms with Gasteiger partial charge in [-0.25, -0.2) is 8.42 Å². The maximum Gasteiger partial charge on any atom is 0.310 e. The summed E-state index contributed by atoms with van der Waals surface area (Å²) in [5.74, 6) is -0.667. The average molecular weight is 311 g/mol. The monoisotopic (exact) mass is 311 g/mol.